The van der Waals surface area contributed by atoms with Crippen LogP contribution in [0.4, 0.5) is 0 Å². The lowest BCUT2D eigenvalue weighted by molar-refractivity contribution is -0.170. The summed E-state index contributed by atoms with van der Waals surface area (Å²) in [6.07, 6.45) is 9.12. The van der Waals surface area contributed by atoms with Crippen molar-refractivity contribution in [3.63, 3.8) is 0 Å². The zero-order chi connectivity index (χ0) is 23.9. The van der Waals surface area contributed by atoms with E-state index in [0.29, 0.717) is 49.1 Å². The van der Waals surface area contributed by atoms with Crippen LogP contribution >= 0.6 is 0 Å². The zero-order valence-corrected chi connectivity index (χ0v) is 19.9. The molecule has 1 saturated heterocycles. The molecule has 0 aliphatic carbocycles. The van der Waals surface area contributed by atoms with E-state index in [9.17, 15) is 14.7 Å². The molecule has 184 valence electrons. The SMILES string of the molecule is CCO[C@H]1OC(C(=O)N2CCCCCCC2)=C[C@@H](c2coc3ccccc3c2=O)[C@@H]1CCCO. The molecule has 1 aromatic carbocycles. The minimum absolute atomic E-state index is 0.0255. The van der Waals surface area contributed by atoms with Gasteiger partial charge < -0.3 is 23.9 Å². The van der Waals surface area contributed by atoms with Gasteiger partial charge in [0.15, 0.2) is 11.2 Å². The third-order valence-corrected chi connectivity index (χ3v) is 6.83. The van der Waals surface area contributed by atoms with Crippen molar-refractivity contribution < 1.29 is 23.8 Å². The van der Waals surface area contributed by atoms with E-state index in [0.717, 1.165) is 25.7 Å². The molecule has 3 atom stereocenters. The van der Waals surface area contributed by atoms with E-state index < -0.39 is 12.2 Å². The molecule has 1 aromatic heterocycles. The average Bonchev–Trinajstić information content (AvgIpc) is 2.83. The van der Waals surface area contributed by atoms with Crippen molar-refractivity contribution in [2.75, 3.05) is 26.3 Å². The highest BCUT2D eigenvalue weighted by atomic mass is 16.7. The van der Waals surface area contributed by atoms with Gasteiger partial charge in [0, 0.05) is 43.7 Å². The van der Waals surface area contributed by atoms with Crippen LogP contribution < -0.4 is 5.43 Å². The lowest BCUT2D eigenvalue weighted by atomic mass is 9.80. The van der Waals surface area contributed by atoms with Crippen LogP contribution in [0.3, 0.4) is 0 Å². The molecule has 2 aliphatic rings. The first-order valence-corrected chi connectivity index (χ1v) is 12.5. The number of para-hydroxylation sites is 1. The summed E-state index contributed by atoms with van der Waals surface area (Å²) >= 11 is 0. The number of hydrogen-bond donors (Lipinski definition) is 1. The number of carbonyl (C=O) groups excluding carboxylic acids is 1. The number of benzene rings is 1. The number of aliphatic hydroxyl groups is 1. The second kappa shape index (κ2) is 11.7. The summed E-state index contributed by atoms with van der Waals surface area (Å²) in [5, 5.41) is 9.99. The first kappa shape index (κ1) is 24.5. The highest BCUT2D eigenvalue weighted by Crippen LogP contribution is 2.39. The summed E-state index contributed by atoms with van der Waals surface area (Å²) in [6, 6.07) is 7.16. The minimum atomic E-state index is -0.689. The normalized spacial score (nSPS) is 23.6. The fourth-order valence-electron chi connectivity index (χ4n) is 5.04. The highest BCUT2D eigenvalue weighted by Gasteiger charge is 2.40. The number of rotatable bonds is 7. The van der Waals surface area contributed by atoms with E-state index in [4.69, 9.17) is 13.9 Å². The van der Waals surface area contributed by atoms with Gasteiger partial charge in [-0.05, 0) is 50.8 Å². The van der Waals surface area contributed by atoms with Crippen molar-refractivity contribution >= 4 is 16.9 Å². The predicted molar refractivity (Wildman–Crippen MR) is 129 cm³/mol. The summed E-state index contributed by atoms with van der Waals surface area (Å²) in [7, 11) is 0. The van der Waals surface area contributed by atoms with Crippen LogP contribution in [0.25, 0.3) is 11.0 Å². The summed E-state index contributed by atoms with van der Waals surface area (Å²) in [6.45, 7) is 3.72. The Morgan fingerprint density at radius 2 is 1.88 bits per heavy atom. The summed E-state index contributed by atoms with van der Waals surface area (Å²) in [5.41, 5.74) is 0.886. The Labute approximate surface area is 200 Å². The maximum atomic E-state index is 13.5. The molecule has 0 saturated carbocycles. The van der Waals surface area contributed by atoms with Gasteiger partial charge in [0.05, 0.1) is 11.6 Å². The van der Waals surface area contributed by atoms with E-state index in [1.54, 1.807) is 18.2 Å². The number of hydrogen-bond acceptors (Lipinski definition) is 6. The van der Waals surface area contributed by atoms with Crippen molar-refractivity contribution in [3.8, 4) is 0 Å². The first-order valence-electron chi connectivity index (χ1n) is 12.5. The Bertz CT molecular complexity index is 1050. The lowest BCUT2D eigenvalue weighted by Gasteiger charge is -2.37. The van der Waals surface area contributed by atoms with Gasteiger partial charge in [0.25, 0.3) is 5.91 Å². The highest BCUT2D eigenvalue weighted by molar-refractivity contribution is 5.92. The van der Waals surface area contributed by atoms with Gasteiger partial charge in [-0.1, -0.05) is 31.4 Å². The molecule has 1 fully saturated rings. The van der Waals surface area contributed by atoms with Crippen LogP contribution in [0.15, 0.2) is 51.6 Å². The van der Waals surface area contributed by atoms with Gasteiger partial charge >= 0.3 is 0 Å². The number of aliphatic hydroxyl groups excluding tert-OH is 1. The molecule has 7 heteroatoms. The zero-order valence-electron chi connectivity index (χ0n) is 19.9. The Hall–Kier alpha value is -2.64. The second-order valence-corrected chi connectivity index (χ2v) is 9.10. The molecule has 2 aromatic rings. The molecule has 0 spiro atoms. The quantitative estimate of drug-likeness (QED) is 0.649. The number of fused-ring (bicyclic) bond motifs is 1. The van der Waals surface area contributed by atoms with Crippen LogP contribution in [-0.2, 0) is 14.3 Å². The molecule has 34 heavy (non-hydrogen) atoms. The second-order valence-electron chi connectivity index (χ2n) is 9.10. The van der Waals surface area contributed by atoms with Gasteiger partial charge in [-0.3, -0.25) is 9.59 Å². The maximum Gasteiger partial charge on any atom is 0.288 e. The van der Waals surface area contributed by atoms with Crippen molar-refractivity contribution in [2.45, 2.75) is 64.1 Å². The van der Waals surface area contributed by atoms with Crippen molar-refractivity contribution in [3.05, 3.63) is 58.2 Å². The van der Waals surface area contributed by atoms with Gasteiger partial charge in [-0.15, -0.1) is 0 Å². The summed E-state index contributed by atoms with van der Waals surface area (Å²) < 4.78 is 17.9. The monoisotopic (exact) mass is 469 g/mol. The van der Waals surface area contributed by atoms with E-state index in [1.807, 2.05) is 24.0 Å². The third-order valence-electron chi connectivity index (χ3n) is 6.83. The molecule has 1 amide bonds. The molecule has 0 unspecified atom stereocenters. The van der Waals surface area contributed by atoms with Crippen molar-refractivity contribution in [2.24, 2.45) is 5.92 Å². The minimum Gasteiger partial charge on any atom is -0.464 e. The number of allylic oxidation sites excluding steroid dienone is 1. The lowest BCUT2D eigenvalue weighted by Crippen LogP contribution is -2.42. The van der Waals surface area contributed by atoms with Gasteiger partial charge in [0.2, 0.25) is 6.29 Å². The van der Waals surface area contributed by atoms with E-state index in [-0.39, 0.29) is 29.6 Å². The molecule has 3 heterocycles. The Morgan fingerprint density at radius 1 is 1.15 bits per heavy atom. The Morgan fingerprint density at radius 3 is 2.62 bits per heavy atom. The van der Waals surface area contributed by atoms with E-state index in [1.165, 1.54) is 12.7 Å². The van der Waals surface area contributed by atoms with Gasteiger partial charge in [-0.2, -0.15) is 0 Å². The molecule has 2 aliphatic heterocycles. The predicted octanol–water partition coefficient (Wildman–Crippen LogP) is 4.33. The fourth-order valence-corrected chi connectivity index (χ4v) is 5.04. The standard InChI is InChI=1S/C27H35NO6/c1-2-32-27-19(12-10-16-29)21(22-18-33-23-13-7-6-11-20(23)25(22)30)17-24(34-27)26(31)28-14-8-4-3-5-9-15-28/h6-7,11,13,17-19,21,27,29H,2-5,8-10,12,14-16H2,1H3/t19-,21+,27-/m0/s1. The molecule has 0 radical (unpaired) electrons. The summed E-state index contributed by atoms with van der Waals surface area (Å²) in [5.74, 6) is -0.578. The van der Waals surface area contributed by atoms with Gasteiger partial charge in [-0.25, -0.2) is 0 Å². The Kier molecular flexibility index (Phi) is 8.40. The molecule has 7 nitrogen and oxygen atoms in total. The molecule has 1 N–H and O–H groups in total. The topological polar surface area (TPSA) is 89.2 Å². The van der Waals surface area contributed by atoms with Crippen LogP contribution in [-0.4, -0.2) is 48.5 Å². The third kappa shape index (κ3) is 5.36. The van der Waals surface area contributed by atoms with Crippen LogP contribution in [0.2, 0.25) is 0 Å². The summed E-state index contributed by atoms with van der Waals surface area (Å²) in [4.78, 5) is 28.8. The van der Waals surface area contributed by atoms with Crippen molar-refractivity contribution in [1.29, 1.82) is 0 Å². The van der Waals surface area contributed by atoms with Crippen LogP contribution in [0.5, 0.6) is 0 Å². The number of nitrogens with zero attached hydrogens (tertiary/aromatic N) is 1. The van der Waals surface area contributed by atoms with E-state index >= 15 is 0 Å². The molecular weight excluding hydrogens is 434 g/mol. The number of ether oxygens (including phenoxy) is 2. The molecule has 4 rings (SSSR count). The average molecular weight is 470 g/mol. The number of amides is 1. The Balaban J connectivity index is 1.75. The smallest absolute Gasteiger partial charge is 0.288 e. The first-order chi connectivity index (χ1) is 16.6. The molecular formula is C27H35NO6. The maximum absolute atomic E-state index is 13.5. The number of likely N-dealkylation sites (tertiary alicyclic amines) is 1. The fraction of sp³-hybridized carbons (Fsp3) is 0.556. The van der Waals surface area contributed by atoms with E-state index in [2.05, 4.69) is 0 Å². The largest absolute Gasteiger partial charge is 0.464 e. The van der Waals surface area contributed by atoms with Crippen molar-refractivity contribution in [1.82, 2.24) is 4.90 Å². The molecule has 0 bridgehead atoms. The number of carbonyl (C=O) groups is 1. The van der Waals surface area contributed by atoms with Gasteiger partial charge in [0.1, 0.15) is 5.58 Å². The van der Waals surface area contributed by atoms with Crippen LogP contribution in [0, 0.1) is 5.92 Å². The van der Waals surface area contributed by atoms with Crippen LogP contribution in [0.1, 0.15) is 63.4 Å².